The van der Waals surface area contributed by atoms with E-state index in [1.54, 1.807) is 0 Å². The fraction of sp³-hybridized carbons (Fsp3) is 0.857. The molecular weight excluding hydrogens is 128 g/mol. The van der Waals surface area contributed by atoms with E-state index >= 15 is 0 Å². The maximum absolute atomic E-state index is 11.0. The van der Waals surface area contributed by atoms with E-state index in [2.05, 4.69) is 5.32 Å². The van der Waals surface area contributed by atoms with Crippen LogP contribution in [-0.2, 0) is 4.79 Å². The molecule has 0 aromatic heterocycles. The lowest BCUT2D eigenvalue weighted by Crippen LogP contribution is -2.32. The van der Waals surface area contributed by atoms with Gasteiger partial charge in [0.1, 0.15) is 0 Å². The van der Waals surface area contributed by atoms with Crippen molar-refractivity contribution in [3.8, 4) is 0 Å². The number of carbonyl (C=O) groups is 1. The van der Waals surface area contributed by atoms with Crippen LogP contribution >= 0.6 is 0 Å². The smallest absolute Gasteiger partial charge is 0.224 e. The molecule has 3 nitrogen and oxygen atoms in total. The summed E-state index contributed by atoms with van der Waals surface area (Å²) in [7, 11) is 0. The molecule has 1 fully saturated rings. The van der Waals surface area contributed by atoms with Gasteiger partial charge in [-0.25, -0.2) is 0 Å². The first kappa shape index (κ1) is 7.54. The van der Waals surface area contributed by atoms with Crippen LogP contribution in [0.4, 0.5) is 0 Å². The van der Waals surface area contributed by atoms with Crippen molar-refractivity contribution >= 4 is 5.91 Å². The zero-order valence-electron chi connectivity index (χ0n) is 6.42. The molecule has 0 radical (unpaired) electrons. The van der Waals surface area contributed by atoms with Crippen molar-refractivity contribution in [1.82, 2.24) is 5.32 Å². The van der Waals surface area contributed by atoms with Crippen LogP contribution in [0, 0.1) is 5.92 Å². The normalized spacial score (nSPS) is 30.4. The topological polar surface area (TPSA) is 55.1 Å². The van der Waals surface area contributed by atoms with Crippen LogP contribution in [0.3, 0.4) is 0 Å². The van der Waals surface area contributed by atoms with Crippen LogP contribution in [-0.4, -0.2) is 18.0 Å². The maximum atomic E-state index is 11.0. The molecule has 0 aromatic carbocycles. The third kappa shape index (κ3) is 1.70. The van der Waals surface area contributed by atoms with E-state index in [1.807, 2.05) is 13.8 Å². The molecule has 0 heterocycles. The predicted molar refractivity (Wildman–Crippen MR) is 39.4 cm³/mol. The Balaban J connectivity index is 2.23. The largest absolute Gasteiger partial charge is 0.354 e. The van der Waals surface area contributed by atoms with Gasteiger partial charge < -0.3 is 11.1 Å². The van der Waals surface area contributed by atoms with Crippen molar-refractivity contribution in [3.05, 3.63) is 0 Å². The minimum absolute atomic E-state index is 0.0994. The fourth-order valence-electron chi connectivity index (χ4n) is 0.908. The van der Waals surface area contributed by atoms with Crippen molar-refractivity contribution < 1.29 is 4.79 Å². The monoisotopic (exact) mass is 142 g/mol. The minimum Gasteiger partial charge on any atom is -0.354 e. The molecule has 1 saturated carbocycles. The van der Waals surface area contributed by atoms with Crippen LogP contribution in [0.25, 0.3) is 0 Å². The summed E-state index contributed by atoms with van der Waals surface area (Å²) in [6.45, 7) is 3.90. The third-order valence-corrected chi connectivity index (χ3v) is 1.61. The molecule has 58 valence electrons. The molecule has 2 unspecified atom stereocenters. The average Bonchev–Trinajstić information content (AvgIpc) is 2.44. The number of hydrogen-bond donors (Lipinski definition) is 2. The van der Waals surface area contributed by atoms with Gasteiger partial charge in [-0.1, -0.05) is 0 Å². The van der Waals surface area contributed by atoms with Crippen LogP contribution in [0.15, 0.2) is 0 Å². The molecule has 0 saturated heterocycles. The molecule has 2 atom stereocenters. The quantitative estimate of drug-likeness (QED) is 0.563. The van der Waals surface area contributed by atoms with Gasteiger partial charge in [-0.15, -0.1) is 0 Å². The predicted octanol–water partition coefficient (Wildman–Crippen LogP) is -0.142. The lowest BCUT2D eigenvalue weighted by atomic mass is 10.3. The van der Waals surface area contributed by atoms with E-state index in [0.29, 0.717) is 0 Å². The highest BCUT2D eigenvalue weighted by Gasteiger charge is 2.39. The van der Waals surface area contributed by atoms with Gasteiger partial charge in [-0.2, -0.15) is 0 Å². The molecule has 0 spiro atoms. The highest BCUT2D eigenvalue weighted by atomic mass is 16.2. The van der Waals surface area contributed by atoms with E-state index < -0.39 is 0 Å². The summed E-state index contributed by atoms with van der Waals surface area (Å²) in [6.07, 6.45) is 0.860. The molecule has 1 rings (SSSR count). The van der Waals surface area contributed by atoms with E-state index in [-0.39, 0.29) is 23.9 Å². The van der Waals surface area contributed by atoms with Crippen molar-refractivity contribution in [2.24, 2.45) is 11.7 Å². The van der Waals surface area contributed by atoms with Gasteiger partial charge in [0.2, 0.25) is 5.91 Å². The second kappa shape index (κ2) is 2.58. The molecule has 0 bridgehead atoms. The average molecular weight is 142 g/mol. The lowest BCUT2D eigenvalue weighted by Gasteiger charge is -2.06. The zero-order chi connectivity index (χ0) is 7.72. The second-order valence-electron chi connectivity index (χ2n) is 3.17. The van der Waals surface area contributed by atoms with Gasteiger partial charge in [0.25, 0.3) is 0 Å². The first-order chi connectivity index (χ1) is 4.61. The van der Waals surface area contributed by atoms with Gasteiger partial charge >= 0.3 is 0 Å². The molecule has 0 aromatic rings. The van der Waals surface area contributed by atoms with E-state index in [4.69, 9.17) is 5.73 Å². The van der Waals surface area contributed by atoms with Gasteiger partial charge in [0, 0.05) is 12.1 Å². The van der Waals surface area contributed by atoms with Crippen molar-refractivity contribution in [3.63, 3.8) is 0 Å². The van der Waals surface area contributed by atoms with E-state index in [9.17, 15) is 4.79 Å². The summed E-state index contributed by atoms with van der Waals surface area (Å²) in [5.41, 5.74) is 5.48. The third-order valence-electron chi connectivity index (χ3n) is 1.61. The standard InChI is InChI=1S/C7H14N2O/c1-4(2)9-7(10)5-3-6(5)8/h4-6H,3,8H2,1-2H3,(H,9,10). The Labute approximate surface area is 61.0 Å². The molecule has 1 aliphatic carbocycles. The van der Waals surface area contributed by atoms with Crippen molar-refractivity contribution in [1.29, 1.82) is 0 Å². The van der Waals surface area contributed by atoms with Crippen LogP contribution < -0.4 is 11.1 Å². The number of nitrogens with one attached hydrogen (secondary N) is 1. The first-order valence-electron chi connectivity index (χ1n) is 3.67. The number of hydrogen-bond acceptors (Lipinski definition) is 2. The van der Waals surface area contributed by atoms with Gasteiger partial charge in [0.05, 0.1) is 5.92 Å². The summed E-state index contributed by atoms with van der Waals surface area (Å²) < 4.78 is 0. The summed E-state index contributed by atoms with van der Waals surface area (Å²) >= 11 is 0. The Hall–Kier alpha value is -0.570. The Kier molecular flexibility index (Phi) is 1.94. The molecule has 3 heteroatoms. The van der Waals surface area contributed by atoms with Crippen LogP contribution in [0.2, 0.25) is 0 Å². The molecule has 1 amide bonds. The highest BCUT2D eigenvalue weighted by molar-refractivity contribution is 5.82. The zero-order valence-corrected chi connectivity index (χ0v) is 6.42. The Bertz CT molecular complexity index is 145. The fourth-order valence-corrected chi connectivity index (χ4v) is 0.908. The molecule has 1 aliphatic rings. The number of carbonyl (C=O) groups excluding carboxylic acids is 1. The highest BCUT2D eigenvalue weighted by Crippen LogP contribution is 2.27. The van der Waals surface area contributed by atoms with Crippen molar-refractivity contribution in [2.75, 3.05) is 0 Å². The van der Waals surface area contributed by atoms with E-state index in [0.717, 1.165) is 6.42 Å². The van der Waals surface area contributed by atoms with Crippen LogP contribution in [0.1, 0.15) is 20.3 Å². The van der Waals surface area contributed by atoms with Gasteiger partial charge in [-0.05, 0) is 20.3 Å². The summed E-state index contributed by atoms with van der Waals surface area (Å²) in [5.74, 6) is 0.213. The maximum Gasteiger partial charge on any atom is 0.224 e. The molecule has 0 aliphatic heterocycles. The number of amides is 1. The Morgan fingerprint density at radius 1 is 1.70 bits per heavy atom. The van der Waals surface area contributed by atoms with Crippen molar-refractivity contribution in [2.45, 2.75) is 32.4 Å². The minimum atomic E-state index is 0.0994. The SMILES string of the molecule is CC(C)NC(=O)C1CC1N. The lowest BCUT2D eigenvalue weighted by molar-refractivity contribution is -0.122. The second-order valence-corrected chi connectivity index (χ2v) is 3.17. The Morgan fingerprint density at radius 3 is 2.50 bits per heavy atom. The molecule has 10 heavy (non-hydrogen) atoms. The Morgan fingerprint density at radius 2 is 2.20 bits per heavy atom. The summed E-state index contributed by atoms with van der Waals surface area (Å²) in [5, 5.41) is 2.82. The van der Waals surface area contributed by atoms with Crippen LogP contribution in [0.5, 0.6) is 0 Å². The summed E-state index contributed by atoms with van der Waals surface area (Å²) in [4.78, 5) is 11.0. The molecule has 3 N–H and O–H groups in total. The van der Waals surface area contributed by atoms with E-state index in [1.165, 1.54) is 0 Å². The molecular formula is C7H14N2O. The van der Waals surface area contributed by atoms with Gasteiger partial charge in [0.15, 0.2) is 0 Å². The number of nitrogens with two attached hydrogens (primary N) is 1. The first-order valence-corrected chi connectivity index (χ1v) is 3.67. The van der Waals surface area contributed by atoms with Gasteiger partial charge in [-0.3, -0.25) is 4.79 Å². The number of rotatable bonds is 2. The summed E-state index contributed by atoms with van der Waals surface area (Å²) in [6, 6.07) is 0.360.